The summed E-state index contributed by atoms with van der Waals surface area (Å²) in [6.07, 6.45) is 4.17. The Bertz CT molecular complexity index is 1010. The number of hydrogen-bond donors (Lipinski definition) is 2. The van der Waals surface area contributed by atoms with E-state index in [0.717, 1.165) is 79.2 Å². The van der Waals surface area contributed by atoms with Gasteiger partial charge in [-0.2, -0.15) is 11.8 Å². The molecule has 1 aliphatic carbocycles. The molecule has 34 heavy (non-hydrogen) atoms. The minimum Gasteiger partial charge on any atom is -0.483 e. The van der Waals surface area contributed by atoms with Gasteiger partial charge in [-0.3, -0.25) is 0 Å². The van der Waals surface area contributed by atoms with Crippen LogP contribution in [-0.4, -0.2) is 60.9 Å². The Kier molecular flexibility index (Phi) is 7.18. The molecule has 1 aromatic heterocycles. The molecule has 3 heterocycles. The molecular formula is C26H37N5O2S. The summed E-state index contributed by atoms with van der Waals surface area (Å²) in [4.78, 5) is 11.7. The van der Waals surface area contributed by atoms with Crippen LogP contribution in [0.4, 0.5) is 17.3 Å². The van der Waals surface area contributed by atoms with Gasteiger partial charge in [-0.15, -0.1) is 0 Å². The van der Waals surface area contributed by atoms with Crippen LogP contribution >= 0.6 is 11.8 Å². The molecule has 2 aliphatic heterocycles. The van der Waals surface area contributed by atoms with Gasteiger partial charge in [0.1, 0.15) is 29.8 Å². The molecule has 1 saturated carbocycles. The number of ether oxygens (including phenoxy) is 2. The molecule has 5 rings (SSSR count). The second kappa shape index (κ2) is 10.3. The average molecular weight is 484 g/mol. The van der Waals surface area contributed by atoms with Gasteiger partial charge >= 0.3 is 0 Å². The second-order valence-corrected chi connectivity index (χ2v) is 10.9. The first-order valence-electron chi connectivity index (χ1n) is 12.6. The van der Waals surface area contributed by atoms with Crippen LogP contribution in [0.25, 0.3) is 0 Å². The summed E-state index contributed by atoms with van der Waals surface area (Å²) < 4.78 is 12.3. The number of fused-ring (bicyclic) bond motifs is 2. The maximum absolute atomic E-state index is 6.55. The fraction of sp³-hybridized carbons (Fsp3) is 0.615. The summed E-state index contributed by atoms with van der Waals surface area (Å²) in [5.74, 6) is 6.22. The van der Waals surface area contributed by atoms with Crippen molar-refractivity contribution in [1.29, 1.82) is 0 Å². The van der Waals surface area contributed by atoms with Crippen molar-refractivity contribution in [3.05, 3.63) is 35.2 Å². The Morgan fingerprint density at radius 1 is 1.26 bits per heavy atom. The predicted octanol–water partition coefficient (Wildman–Crippen LogP) is 4.65. The van der Waals surface area contributed by atoms with Gasteiger partial charge in [0.25, 0.3) is 0 Å². The number of aryl methyl sites for hydroxylation is 1. The molecule has 3 aliphatic rings. The second-order valence-electron chi connectivity index (χ2n) is 9.67. The number of nitrogens with zero attached hydrogens (tertiary/aromatic N) is 3. The normalized spacial score (nSPS) is 24.7. The topological polar surface area (TPSA) is 71.5 Å². The number of anilines is 3. The lowest BCUT2D eigenvalue weighted by molar-refractivity contribution is 0.0112. The zero-order valence-electron chi connectivity index (χ0n) is 20.8. The van der Waals surface area contributed by atoms with Crippen molar-refractivity contribution >= 4 is 29.1 Å². The molecular weight excluding hydrogens is 446 g/mol. The van der Waals surface area contributed by atoms with Gasteiger partial charge in [0, 0.05) is 38.2 Å². The van der Waals surface area contributed by atoms with Crippen LogP contribution in [-0.2, 0) is 4.74 Å². The quantitative estimate of drug-likeness (QED) is 0.590. The number of hydrogen-bond acceptors (Lipinski definition) is 8. The number of benzene rings is 1. The van der Waals surface area contributed by atoms with Crippen molar-refractivity contribution < 1.29 is 9.47 Å². The Morgan fingerprint density at radius 3 is 2.79 bits per heavy atom. The van der Waals surface area contributed by atoms with Crippen LogP contribution in [0, 0.1) is 12.8 Å². The summed E-state index contributed by atoms with van der Waals surface area (Å²) in [5, 5.41) is 7.06. The lowest BCUT2D eigenvalue weighted by atomic mass is 9.68. The molecule has 2 aromatic rings. The fourth-order valence-electron chi connectivity index (χ4n) is 5.50. The maximum Gasteiger partial charge on any atom is 0.146 e. The zero-order valence-corrected chi connectivity index (χ0v) is 21.6. The zero-order chi connectivity index (χ0) is 23.7. The van der Waals surface area contributed by atoms with Gasteiger partial charge in [0.2, 0.25) is 0 Å². The SMILES string of the molecule is CCNCC(OC)C1CC(c2cc(C)c3c(c2)Nc2ncnc(N4CCSCC4)c2C(C)O3)C1. The fourth-order valence-corrected chi connectivity index (χ4v) is 6.41. The molecule has 0 bridgehead atoms. The lowest BCUT2D eigenvalue weighted by Gasteiger charge is -2.40. The monoisotopic (exact) mass is 483 g/mol. The highest BCUT2D eigenvalue weighted by Crippen LogP contribution is 2.48. The van der Waals surface area contributed by atoms with Crippen molar-refractivity contribution in [3.8, 4) is 5.75 Å². The molecule has 0 amide bonds. The van der Waals surface area contributed by atoms with Crippen LogP contribution in [0.2, 0.25) is 0 Å². The van der Waals surface area contributed by atoms with Crippen LogP contribution in [0.1, 0.15) is 55.4 Å². The minimum atomic E-state index is -0.124. The van der Waals surface area contributed by atoms with Crippen LogP contribution in [0.3, 0.4) is 0 Å². The highest BCUT2D eigenvalue weighted by atomic mass is 32.2. The van der Waals surface area contributed by atoms with Gasteiger partial charge in [-0.25, -0.2) is 9.97 Å². The lowest BCUT2D eigenvalue weighted by Crippen LogP contribution is -2.40. The van der Waals surface area contributed by atoms with E-state index in [1.54, 1.807) is 6.33 Å². The van der Waals surface area contributed by atoms with E-state index < -0.39 is 0 Å². The summed E-state index contributed by atoms with van der Waals surface area (Å²) in [6.45, 7) is 10.3. The first-order chi connectivity index (χ1) is 16.6. The Hall–Kier alpha value is -2.03. The summed E-state index contributed by atoms with van der Waals surface area (Å²) in [7, 11) is 1.83. The van der Waals surface area contributed by atoms with Gasteiger partial charge in [0.05, 0.1) is 17.4 Å². The Labute approximate surface area is 207 Å². The molecule has 2 unspecified atom stereocenters. The van der Waals surface area contributed by atoms with E-state index in [2.05, 4.69) is 58.4 Å². The molecule has 184 valence electrons. The number of thioether (sulfide) groups is 1. The van der Waals surface area contributed by atoms with E-state index in [-0.39, 0.29) is 12.2 Å². The van der Waals surface area contributed by atoms with Crippen molar-refractivity contribution in [2.45, 2.75) is 51.7 Å². The van der Waals surface area contributed by atoms with E-state index >= 15 is 0 Å². The summed E-state index contributed by atoms with van der Waals surface area (Å²) in [5.41, 5.74) is 4.61. The standard InChI is InChI=1S/C26H37N5O2S/c1-5-27-14-22(32-4)20-11-19(12-20)18-10-16(2)24-21(13-18)30-25-23(17(3)33-24)26(29-15-28-25)31-6-8-34-9-7-31/h10,13,15,17,19-20,22,27H,5-9,11-12,14H2,1-4H3,(H,28,29,30). The Balaban J connectivity index is 1.38. The number of aromatic nitrogens is 2. The van der Waals surface area contributed by atoms with Crippen molar-refractivity contribution in [3.63, 3.8) is 0 Å². The third kappa shape index (κ3) is 4.60. The first kappa shape index (κ1) is 23.7. The van der Waals surface area contributed by atoms with Crippen LogP contribution < -0.4 is 20.3 Å². The smallest absolute Gasteiger partial charge is 0.146 e. The largest absolute Gasteiger partial charge is 0.483 e. The molecule has 0 radical (unpaired) electrons. The highest BCUT2D eigenvalue weighted by Gasteiger charge is 2.37. The van der Waals surface area contributed by atoms with Gasteiger partial charge in [-0.05, 0) is 62.3 Å². The summed E-state index contributed by atoms with van der Waals surface area (Å²) >= 11 is 2.00. The third-order valence-corrected chi connectivity index (χ3v) is 8.44. The van der Waals surface area contributed by atoms with Crippen LogP contribution in [0.5, 0.6) is 5.75 Å². The highest BCUT2D eigenvalue weighted by molar-refractivity contribution is 7.99. The molecule has 2 fully saturated rings. The van der Waals surface area contributed by atoms with E-state index in [1.165, 1.54) is 11.1 Å². The number of likely N-dealkylation sites (N-methyl/N-ethyl adjacent to an activating group) is 1. The molecule has 0 spiro atoms. The molecule has 2 atom stereocenters. The number of nitrogens with one attached hydrogen (secondary N) is 2. The average Bonchev–Trinajstić information content (AvgIpc) is 2.97. The molecule has 7 nitrogen and oxygen atoms in total. The summed E-state index contributed by atoms with van der Waals surface area (Å²) in [6, 6.07) is 4.58. The molecule has 8 heteroatoms. The van der Waals surface area contributed by atoms with E-state index in [1.807, 2.05) is 18.9 Å². The van der Waals surface area contributed by atoms with Gasteiger partial charge in [0.15, 0.2) is 0 Å². The molecule has 1 aromatic carbocycles. The molecule has 1 saturated heterocycles. The number of methoxy groups -OCH3 is 1. The van der Waals surface area contributed by atoms with E-state index in [4.69, 9.17) is 9.47 Å². The van der Waals surface area contributed by atoms with E-state index in [9.17, 15) is 0 Å². The van der Waals surface area contributed by atoms with Crippen LogP contribution in [0.15, 0.2) is 18.5 Å². The maximum atomic E-state index is 6.55. The predicted molar refractivity (Wildman–Crippen MR) is 140 cm³/mol. The van der Waals surface area contributed by atoms with Crippen molar-refractivity contribution in [2.24, 2.45) is 5.92 Å². The van der Waals surface area contributed by atoms with Crippen molar-refractivity contribution in [2.75, 3.05) is 55.0 Å². The van der Waals surface area contributed by atoms with Crippen molar-refractivity contribution in [1.82, 2.24) is 15.3 Å². The number of rotatable bonds is 7. The van der Waals surface area contributed by atoms with E-state index in [0.29, 0.717) is 11.8 Å². The van der Waals surface area contributed by atoms with Gasteiger partial charge in [-0.1, -0.05) is 13.0 Å². The van der Waals surface area contributed by atoms with Gasteiger partial charge < -0.3 is 25.0 Å². The Morgan fingerprint density at radius 2 is 2.06 bits per heavy atom. The molecule has 2 N–H and O–H groups in total. The minimum absolute atomic E-state index is 0.124. The third-order valence-electron chi connectivity index (χ3n) is 7.49. The first-order valence-corrected chi connectivity index (χ1v) is 13.7.